The molecular formula is C12H17N7S. The Labute approximate surface area is 122 Å². The van der Waals surface area contributed by atoms with E-state index < -0.39 is 0 Å². The summed E-state index contributed by atoms with van der Waals surface area (Å²) in [6.45, 7) is 5.35. The predicted molar refractivity (Wildman–Crippen MR) is 80.5 cm³/mol. The Morgan fingerprint density at radius 2 is 2.20 bits per heavy atom. The normalized spacial score (nSPS) is 10.5. The number of thiocarbonyl (C=S) groups is 1. The molecule has 2 aromatic heterocycles. The van der Waals surface area contributed by atoms with Gasteiger partial charge in [-0.25, -0.2) is 0 Å². The molecule has 7 nitrogen and oxygen atoms in total. The maximum Gasteiger partial charge on any atom is 0.159 e. The Morgan fingerprint density at radius 1 is 1.40 bits per heavy atom. The number of anilines is 1. The van der Waals surface area contributed by atoms with E-state index in [1.54, 1.807) is 10.9 Å². The van der Waals surface area contributed by atoms with Gasteiger partial charge in [-0.05, 0) is 25.8 Å². The SMILES string of the molecule is Cc1nnc(NCCCn2ccnn2)c(C(N)=S)c1C. The Hall–Kier alpha value is -2.09. The van der Waals surface area contributed by atoms with Gasteiger partial charge >= 0.3 is 0 Å². The van der Waals surface area contributed by atoms with Gasteiger partial charge in [0.2, 0.25) is 0 Å². The molecule has 0 unspecified atom stereocenters. The number of aryl methyl sites for hydroxylation is 2. The van der Waals surface area contributed by atoms with E-state index in [-0.39, 0.29) is 0 Å². The summed E-state index contributed by atoms with van der Waals surface area (Å²) in [5.74, 6) is 0.638. The van der Waals surface area contributed by atoms with Crippen LogP contribution in [0, 0.1) is 13.8 Å². The molecular weight excluding hydrogens is 274 g/mol. The van der Waals surface area contributed by atoms with Crippen molar-refractivity contribution in [3.05, 3.63) is 29.2 Å². The monoisotopic (exact) mass is 291 g/mol. The third-order valence-corrected chi connectivity index (χ3v) is 3.23. The van der Waals surface area contributed by atoms with Crippen molar-refractivity contribution in [2.24, 2.45) is 5.73 Å². The minimum atomic E-state index is 0.333. The zero-order valence-electron chi connectivity index (χ0n) is 11.5. The van der Waals surface area contributed by atoms with E-state index in [1.807, 2.05) is 20.0 Å². The minimum Gasteiger partial charge on any atom is -0.389 e. The highest BCUT2D eigenvalue weighted by Crippen LogP contribution is 2.18. The fraction of sp³-hybridized carbons (Fsp3) is 0.417. The fourth-order valence-corrected chi connectivity index (χ4v) is 2.08. The lowest BCUT2D eigenvalue weighted by Gasteiger charge is -2.13. The molecule has 0 aliphatic heterocycles. The summed E-state index contributed by atoms with van der Waals surface area (Å²) in [6.07, 6.45) is 4.37. The number of nitrogens with zero attached hydrogens (tertiary/aromatic N) is 5. The van der Waals surface area contributed by atoms with E-state index in [4.69, 9.17) is 18.0 Å². The van der Waals surface area contributed by atoms with E-state index in [2.05, 4.69) is 25.8 Å². The van der Waals surface area contributed by atoms with Crippen LogP contribution < -0.4 is 11.1 Å². The van der Waals surface area contributed by atoms with Gasteiger partial charge in [0.05, 0.1) is 17.5 Å². The second kappa shape index (κ2) is 6.38. The molecule has 106 valence electrons. The van der Waals surface area contributed by atoms with Gasteiger partial charge in [0.25, 0.3) is 0 Å². The lowest BCUT2D eigenvalue weighted by molar-refractivity contribution is 0.569. The van der Waals surface area contributed by atoms with Gasteiger partial charge in [0.1, 0.15) is 4.99 Å². The topological polar surface area (TPSA) is 94.5 Å². The molecule has 0 atom stereocenters. The lowest BCUT2D eigenvalue weighted by Crippen LogP contribution is -2.19. The molecule has 0 saturated carbocycles. The maximum atomic E-state index is 5.77. The average Bonchev–Trinajstić information content (AvgIpc) is 2.91. The number of hydrogen-bond acceptors (Lipinski definition) is 6. The van der Waals surface area contributed by atoms with E-state index in [9.17, 15) is 0 Å². The summed E-state index contributed by atoms with van der Waals surface area (Å²) in [5, 5.41) is 19.1. The predicted octanol–water partition coefficient (Wildman–Crippen LogP) is 0.821. The van der Waals surface area contributed by atoms with Gasteiger partial charge < -0.3 is 11.1 Å². The van der Waals surface area contributed by atoms with Crippen molar-refractivity contribution in [3.63, 3.8) is 0 Å². The van der Waals surface area contributed by atoms with Crippen LogP contribution in [-0.2, 0) is 6.54 Å². The van der Waals surface area contributed by atoms with Gasteiger partial charge in [-0.2, -0.15) is 5.10 Å². The molecule has 20 heavy (non-hydrogen) atoms. The zero-order valence-corrected chi connectivity index (χ0v) is 12.3. The van der Waals surface area contributed by atoms with Crippen LogP contribution in [0.2, 0.25) is 0 Å². The van der Waals surface area contributed by atoms with Crippen LogP contribution in [-0.4, -0.2) is 36.7 Å². The molecule has 2 heterocycles. The summed E-state index contributed by atoms with van der Waals surface area (Å²) in [4.78, 5) is 0.333. The van der Waals surface area contributed by atoms with E-state index in [0.29, 0.717) is 10.8 Å². The number of aromatic nitrogens is 5. The van der Waals surface area contributed by atoms with Crippen LogP contribution in [0.15, 0.2) is 12.4 Å². The summed E-state index contributed by atoms with van der Waals surface area (Å²) < 4.78 is 1.78. The van der Waals surface area contributed by atoms with Gasteiger partial charge in [-0.15, -0.1) is 10.2 Å². The Kier molecular flexibility index (Phi) is 4.57. The number of nitrogens with one attached hydrogen (secondary N) is 1. The highest BCUT2D eigenvalue weighted by molar-refractivity contribution is 7.80. The maximum absolute atomic E-state index is 5.77. The average molecular weight is 291 g/mol. The molecule has 0 amide bonds. The van der Waals surface area contributed by atoms with E-state index in [0.717, 1.165) is 36.3 Å². The number of rotatable bonds is 6. The van der Waals surface area contributed by atoms with Crippen molar-refractivity contribution in [3.8, 4) is 0 Å². The van der Waals surface area contributed by atoms with E-state index >= 15 is 0 Å². The standard InChI is InChI=1S/C12H17N7S/c1-8-9(2)16-17-12(10(8)11(13)20)14-4-3-6-19-7-5-15-18-19/h5,7H,3-4,6H2,1-2H3,(H2,13,20)(H,14,17). The molecule has 0 bridgehead atoms. The summed E-state index contributed by atoms with van der Waals surface area (Å²) in [7, 11) is 0. The van der Waals surface area contributed by atoms with Crippen molar-refractivity contribution in [1.82, 2.24) is 25.2 Å². The molecule has 0 radical (unpaired) electrons. The minimum absolute atomic E-state index is 0.333. The van der Waals surface area contributed by atoms with Crippen molar-refractivity contribution >= 4 is 23.0 Å². The van der Waals surface area contributed by atoms with Crippen molar-refractivity contribution < 1.29 is 0 Å². The van der Waals surface area contributed by atoms with E-state index in [1.165, 1.54) is 0 Å². The quantitative estimate of drug-likeness (QED) is 0.601. The molecule has 2 aromatic rings. The third-order valence-electron chi connectivity index (χ3n) is 3.03. The number of hydrogen-bond donors (Lipinski definition) is 2. The zero-order chi connectivity index (χ0) is 14.5. The smallest absolute Gasteiger partial charge is 0.159 e. The first kappa shape index (κ1) is 14.3. The molecule has 8 heteroatoms. The van der Waals surface area contributed by atoms with Gasteiger partial charge in [-0.3, -0.25) is 4.68 Å². The van der Waals surface area contributed by atoms with Crippen molar-refractivity contribution in [1.29, 1.82) is 0 Å². The van der Waals surface area contributed by atoms with Crippen LogP contribution in [0.3, 0.4) is 0 Å². The van der Waals surface area contributed by atoms with Crippen LogP contribution in [0.5, 0.6) is 0 Å². The van der Waals surface area contributed by atoms with Gasteiger partial charge in [0.15, 0.2) is 5.82 Å². The van der Waals surface area contributed by atoms with Crippen LogP contribution >= 0.6 is 12.2 Å². The number of nitrogens with two attached hydrogens (primary N) is 1. The molecule has 0 aliphatic rings. The highest BCUT2D eigenvalue weighted by Gasteiger charge is 2.12. The molecule has 0 fully saturated rings. The van der Waals surface area contributed by atoms with Gasteiger partial charge in [0, 0.05) is 19.3 Å². The van der Waals surface area contributed by atoms with Crippen molar-refractivity contribution in [2.75, 3.05) is 11.9 Å². The highest BCUT2D eigenvalue weighted by atomic mass is 32.1. The van der Waals surface area contributed by atoms with Crippen LogP contribution in [0.1, 0.15) is 23.2 Å². The molecule has 0 saturated heterocycles. The fourth-order valence-electron chi connectivity index (χ4n) is 1.83. The second-order valence-electron chi connectivity index (χ2n) is 4.44. The third kappa shape index (κ3) is 3.27. The molecule has 0 spiro atoms. The Bertz CT molecular complexity index is 594. The second-order valence-corrected chi connectivity index (χ2v) is 4.88. The van der Waals surface area contributed by atoms with Gasteiger partial charge in [-0.1, -0.05) is 17.4 Å². The Morgan fingerprint density at radius 3 is 2.85 bits per heavy atom. The summed E-state index contributed by atoms with van der Waals surface area (Å²) in [6, 6.07) is 0. The first-order valence-electron chi connectivity index (χ1n) is 6.31. The van der Waals surface area contributed by atoms with Crippen LogP contribution in [0.25, 0.3) is 0 Å². The molecule has 2 rings (SSSR count). The molecule has 3 N–H and O–H groups in total. The largest absolute Gasteiger partial charge is 0.389 e. The van der Waals surface area contributed by atoms with Crippen molar-refractivity contribution in [2.45, 2.75) is 26.8 Å². The molecule has 0 aromatic carbocycles. The Balaban J connectivity index is 1.99. The summed E-state index contributed by atoms with van der Waals surface area (Å²) >= 11 is 5.09. The lowest BCUT2D eigenvalue weighted by atomic mass is 10.1. The first-order chi connectivity index (χ1) is 9.59. The van der Waals surface area contributed by atoms with Crippen LogP contribution in [0.4, 0.5) is 5.82 Å². The summed E-state index contributed by atoms with van der Waals surface area (Å²) in [5.41, 5.74) is 8.34. The molecule has 0 aliphatic carbocycles. The first-order valence-corrected chi connectivity index (χ1v) is 6.72.